The minimum Gasteiger partial charge on any atom is -0.504 e. The van der Waals surface area contributed by atoms with Crippen molar-refractivity contribution in [3.63, 3.8) is 0 Å². The van der Waals surface area contributed by atoms with Crippen molar-refractivity contribution < 1.29 is 22.8 Å². The number of benzene rings is 2. The van der Waals surface area contributed by atoms with Crippen molar-refractivity contribution in [3.8, 4) is 11.5 Å². The van der Waals surface area contributed by atoms with Crippen LogP contribution in [0.1, 0.15) is 11.3 Å². The van der Waals surface area contributed by atoms with E-state index in [4.69, 9.17) is 9.26 Å². The summed E-state index contributed by atoms with van der Waals surface area (Å²) in [5.41, 5.74) is 1.00. The van der Waals surface area contributed by atoms with Gasteiger partial charge in [0.25, 0.3) is 10.0 Å². The lowest BCUT2D eigenvalue weighted by Crippen LogP contribution is -2.12. The molecule has 8 nitrogen and oxygen atoms in total. The third kappa shape index (κ3) is 4.26. The number of ether oxygens (including phenoxy) is 1. The highest BCUT2D eigenvalue weighted by Crippen LogP contribution is 2.28. The molecule has 3 rings (SSSR count). The smallest absolute Gasteiger partial charge is 0.263 e. The number of methoxy groups -OCH3 is 1. The van der Waals surface area contributed by atoms with Crippen LogP contribution in [0.25, 0.3) is 0 Å². The Labute approximate surface area is 156 Å². The van der Waals surface area contributed by atoms with Crippen LogP contribution in [0.2, 0.25) is 0 Å². The Morgan fingerprint density at radius 3 is 2.59 bits per heavy atom. The van der Waals surface area contributed by atoms with Crippen LogP contribution in [0.3, 0.4) is 0 Å². The molecule has 140 valence electrons. The number of hydrogen-bond acceptors (Lipinski definition) is 7. The molecule has 0 aliphatic carbocycles. The highest BCUT2D eigenvalue weighted by atomic mass is 32.2. The van der Waals surface area contributed by atoms with Crippen molar-refractivity contribution in [1.82, 2.24) is 5.16 Å². The summed E-state index contributed by atoms with van der Waals surface area (Å²) in [5, 5.41) is 13.6. The number of aromatic hydroxyl groups is 1. The molecule has 9 heteroatoms. The second kappa shape index (κ2) is 7.50. The Morgan fingerprint density at radius 1 is 1.22 bits per heavy atom. The zero-order valence-electron chi connectivity index (χ0n) is 14.6. The molecule has 0 atom stereocenters. The average molecular weight is 387 g/mol. The third-order valence-electron chi connectivity index (χ3n) is 3.62. The standard InChI is InChI=1S/C18H17N3O5S/c1-12-10-17(20-26-12)21-27(23,24)15-8-6-14(7-9-15)19-11-13-4-3-5-16(25-2)18(13)22/h3-11,22H,1-2H3,(H,20,21). The highest BCUT2D eigenvalue weighted by molar-refractivity contribution is 7.92. The lowest BCUT2D eigenvalue weighted by Gasteiger charge is -2.06. The largest absolute Gasteiger partial charge is 0.504 e. The van der Waals surface area contributed by atoms with E-state index in [1.807, 2.05) is 0 Å². The summed E-state index contributed by atoms with van der Waals surface area (Å²) >= 11 is 0. The molecule has 3 aromatic rings. The molecule has 0 aliphatic rings. The molecule has 1 aromatic heterocycles. The Kier molecular flexibility index (Phi) is 5.13. The molecule has 0 amide bonds. The Balaban J connectivity index is 1.77. The van der Waals surface area contributed by atoms with Crippen LogP contribution < -0.4 is 9.46 Å². The van der Waals surface area contributed by atoms with E-state index in [1.54, 1.807) is 37.3 Å². The van der Waals surface area contributed by atoms with Gasteiger partial charge in [-0.25, -0.2) is 8.42 Å². The first-order valence-corrected chi connectivity index (χ1v) is 9.33. The fourth-order valence-corrected chi connectivity index (χ4v) is 3.26. The van der Waals surface area contributed by atoms with Gasteiger partial charge in [0.15, 0.2) is 17.3 Å². The van der Waals surface area contributed by atoms with Crippen LogP contribution >= 0.6 is 0 Å². The number of phenolic OH excluding ortho intramolecular Hbond substituents is 1. The predicted octanol–water partition coefficient (Wildman–Crippen LogP) is 3.25. The molecule has 0 fully saturated rings. The predicted molar refractivity (Wildman–Crippen MR) is 100 cm³/mol. The van der Waals surface area contributed by atoms with E-state index in [9.17, 15) is 13.5 Å². The van der Waals surface area contributed by atoms with Crippen molar-refractivity contribution in [2.45, 2.75) is 11.8 Å². The van der Waals surface area contributed by atoms with Crippen LogP contribution in [-0.2, 0) is 10.0 Å². The van der Waals surface area contributed by atoms with E-state index in [2.05, 4.69) is 14.9 Å². The van der Waals surface area contributed by atoms with E-state index >= 15 is 0 Å². The summed E-state index contributed by atoms with van der Waals surface area (Å²) in [5.74, 6) is 0.936. The highest BCUT2D eigenvalue weighted by Gasteiger charge is 2.16. The average Bonchev–Trinajstić information content (AvgIpc) is 3.05. The van der Waals surface area contributed by atoms with Crippen LogP contribution in [-0.4, -0.2) is 32.0 Å². The van der Waals surface area contributed by atoms with Crippen molar-refractivity contribution in [1.29, 1.82) is 0 Å². The summed E-state index contributed by atoms with van der Waals surface area (Å²) < 4.78 is 36.9. The van der Waals surface area contributed by atoms with Gasteiger partial charge in [0.2, 0.25) is 0 Å². The number of hydrogen-bond donors (Lipinski definition) is 2. The number of aliphatic imine (C=N–C) groups is 1. The van der Waals surface area contributed by atoms with Crippen LogP contribution in [0.4, 0.5) is 11.5 Å². The van der Waals surface area contributed by atoms with Crippen LogP contribution in [0.5, 0.6) is 11.5 Å². The summed E-state index contributed by atoms with van der Waals surface area (Å²) in [6, 6.07) is 12.5. The topological polar surface area (TPSA) is 114 Å². The summed E-state index contributed by atoms with van der Waals surface area (Å²) in [6.45, 7) is 1.66. The lowest BCUT2D eigenvalue weighted by molar-refractivity contribution is 0.373. The van der Waals surface area contributed by atoms with Crippen LogP contribution in [0.15, 0.2) is 62.9 Å². The molecule has 0 saturated carbocycles. The molecule has 0 aliphatic heterocycles. The van der Waals surface area contributed by atoms with Gasteiger partial charge < -0.3 is 14.4 Å². The zero-order valence-corrected chi connectivity index (χ0v) is 15.4. The van der Waals surface area contributed by atoms with Gasteiger partial charge >= 0.3 is 0 Å². The molecular weight excluding hydrogens is 370 g/mol. The Morgan fingerprint density at radius 2 is 1.96 bits per heavy atom. The zero-order chi connectivity index (χ0) is 19.4. The van der Waals surface area contributed by atoms with Gasteiger partial charge in [0, 0.05) is 17.8 Å². The first-order valence-electron chi connectivity index (χ1n) is 7.85. The molecule has 27 heavy (non-hydrogen) atoms. The minimum atomic E-state index is -3.78. The van der Waals surface area contributed by atoms with Crippen molar-refractivity contribution in [2.75, 3.05) is 11.8 Å². The van der Waals surface area contributed by atoms with Gasteiger partial charge in [0.1, 0.15) is 5.76 Å². The second-order valence-electron chi connectivity index (χ2n) is 5.58. The van der Waals surface area contributed by atoms with Crippen molar-refractivity contribution in [2.24, 2.45) is 4.99 Å². The first kappa shape index (κ1) is 18.5. The van der Waals surface area contributed by atoms with E-state index in [-0.39, 0.29) is 16.5 Å². The molecule has 0 spiro atoms. The van der Waals surface area contributed by atoms with E-state index < -0.39 is 10.0 Å². The molecule has 0 radical (unpaired) electrons. The lowest BCUT2D eigenvalue weighted by atomic mass is 10.2. The summed E-state index contributed by atoms with van der Waals surface area (Å²) in [7, 11) is -2.32. The fraction of sp³-hybridized carbons (Fsp3) is 0.111. The SMILES string of the molecule is COc1cccc(C=Nc2ccc(S(=O)(=O)Nc3cc(C)on3)cc2)c1O. The molecule has 0 saturated heterocycles. The molecule has 2 aromatic carbocycles. The molecular formula is C18H17N3O5S. The number of nitrogens with one attached hydrogen (secondary N) is 1. The van der Waals surface area contributed by atoms with Gasteiger partial charge in [-0.2, -0.15) is 0 Å². The number of para-hydroxylation sites is 1. The van der Waals surface area contributed by atoms with Gasteiger partial charge in [-0.05, 0) is 43.3 Å². The third-order valence-corrected chi connectivity index (χ3v) is 4.99. The number of aromatic nitrogens is 1. The van der Waals surface area contributed by atoms with Crippen LogP contribution in [0, 0.1) is 6.92 Å². The van der Waals surface area contributed by atoms with Gasteiger partial charge in [0.05, 0.1) is 17.7 Å². The number of anilines is 1. The maximum absolute atomic E-state index is 12.3. The van der Waals surface area contributed by atoms with Crippen molar-refractivity contribution in [3.05, 3.63) is 59.9 Å². The van der Waals surface area contributed by atoms with E-state index in [0.29, 0.717) is 22.8 Å². The number of aryl methyl sites for hydroxylation is 1. The van der Waals surface area contributed by atoms with E-state index in [1.165, 1.54) is 31.5 Å². The number of rotatable bonds is 6. The molecule has 0 bridgehead atoms. The fourth-order valence-electron chi connectivity index (χ4n) is 2.27. The normalized spacial score (nSPS) is 11.6. The summed E-state index contributed by atoms with van der Waals surface area (Å²) in [6.07, 6.45) is 1.47. The Hall–Kier alpha value is -3.33. The van der Waals surface area contributed by atoms with Gasteiger partial charge in [-0.15, -0.1) is 0 Å². The quantitative estimate of drug-likeness (QED) is 0.628. The second-order valence-corrected chi connectivity index (χ2v) is 7.26. The van der Waals surface area contributed by atoms with Gasteiger partial charge in [-0.3, -0.25) is 9.71 Å². The van der Waals surface area contributed by atoms with Crippen molar-refractivity contribution >= 4 is 27.7 Å². The number of sulfonamides is 1. The summed E-state index contributed by atoms with van der Waals surface area (Å²) in [4.78, 5) is 4.30. The molecule has 1 heterocycles. The number of nitrogens with zero attached hydrogens (tertiary/aromatic N) is 2. The Bertz CT molecular complexity index is 1070. The minimum absolute atomic E-state index is 0.0185. The maximum Gasteiger partial charge on any atom is 0.263 e. The van der Waals surface area contributed by atoms with Gasteiger partial charge in [-0.1, -0.05) is 11.2 Å². The molecule has 0 unspecified atom stereocenters. The first-order chi connectivity index (χ1) is 12.9. The number of phenols is 1. The maximum atomic E-state index is 12.3. The van der Waals surface area contributed by atoms with E-state index in [0.717, 1.165) is 0 Å². The monoisotopic (exact) mass is 387 g/mol. The molecule has 2 N–H and O–H groups in total.